The minimum atomic E-state index is -0.379. The first-order chi connectivity index (χ1) is 17.0. The summed E-state index contributed by atoms with van der Waals surface area (Å²) in [6.45, 7) is 2.99. The van der Waals surface area contributed by atoms with Gasteiger partial charge in [-0.25, -0.2) is 4.79 Å². The number of hydrogen-bond donors (Lipinski definition) is 0. The molecule has 0 N–H and O–H groups in total. The number of unbranched alkanes of at least 4 members (excludes halogenated alkanes) is 5. The molecule has 0 aliphatic heterocycles. The zero-order valence-electron chi connectivity index (χ0n) is 21.1. The molecule has 5 nitrogen and oxygen atoms in total. The quantitative estimate of drug-likeness (QED) is 0.112. The smallest absolute Gasteiger partial charge is 0.343 e. The number of carbonyl (C=O) groups is 1. The minimum Gasteiger partial charge on any atom is -0.494 e. The third kappa shape index (κ3) is 8.93. The van der Waals surface area contributed by atoms with E-state index in [0.717, 1.165) is 35.7 Å². The maximum Gasteiger partial charge on any atom is 0.343 e. The predicted molar refractivity (Wildman–Crippen MR) is 145 cm³/mol. The molecule has 0 heterocycles. The molecule has 5 heteroatoms. The van der Waals surface area contributed by atoms with Crippen LogP contribution in [-0.4, -0.2) is 32.9 Å². The molecule has 3 rings (SSSR count). The number of nitrogens with zero attached hydrogens (tertiary/aromatic N) is 2. The van der Waals surface area contributed by atoms with Crippen LogP contribution < -0.4 is 14.4 Å². The van der Waals surface area contributed by atoms with Gasteiger partial charge in [-0.3, -0.25) is 4.99 Å². The highest BCUT2D eigenvalue weighted by Crippen LogP contribution is 2.20. The Bertz CT molecular complexity index is 1060. The molecule has 0 saturated heterocycles. The summed E-state index contributed by atoms with van der Waals surface area (Å²) in [6, 6.07) is 22.4. The molecular formula is C30H36N2O3. The van der Waals surface area contributed by atoms with Gasteiger partial charge in [0.1, 0.15) is 11.5 Å². The van der Waals surface area contributed by atoms with Crippen molar-refractivity contribution in [2.75, 3.05) is 25.6 Å². The fraction of sp³-hybridized carbons (Fsp3) is 0.333. The van der Waals surface area contributed by atoms with Crippen molar-refractivity contribution in [3.8, 4) is 11.5 Å². The van der Waals surface area contributed by atoms with E-state index >= 15 is 0 Å². The van der Waals surface area contributed by atoms with Crippen LogP contribution in [0, 0.1) is 0 Å². The molecule has 184 valence electrons. The van der Waals surface area contributed by atoms with Crippen molar-refractivity contribution in [1.29, 1.82) is 0 Å². The lowest BCUT2D eigenvalue weighted by Gasteiger charge is -2.12. The molecular weight excluding hydrogens is 436 g/mol. The van der Waals surface area contributed by atoms with Crippen molar-refractivity contribution in [3.63, 3.8) is 0 Å². The second-order valence-electron chi connectivity index (χ2n) is 8.77. The highest BCUT2D eigenvalue weighted by Gasteiger charge is 2.09. The Balaban J connectivity index is 1.44. The van der Waals surface area contributed by atoms with Gasteiger partial charge in [-0.05, 0) is 84.8 Å². The summed E-state index contributed by atoms with van der Waals surface area (Å²) < 4.78 is 11.3. The van der Waals surface area contributed by atoms with Crippen LogP contribution in [0.3, 0.4) is 0 Å². The summed E-state index contributed by atoms with van der Waals surface area (Å²) >= 11 is 0. The molecule has 0 saturated carbocycles. The topological polar surface area (TPSA) is 51.1 Å². The van der Waals surface area contributed by atoms with Gasteiger partial charge in [-0.15, -0.1) is 0 Å². The highest BCUT2D eigenvalue weighted by molar-refractivity contribution is 5.91. The zero-order chi connectivity index (χ0) is 24.9. The monoisotopic (exact) mass is 472 g/mol. The molecule has 0 radical (unpaired) electrons. The highest BCUT2D eigenvalue weighted by atomic mass is 16.5. The first-order valence-corrected chi connectivity index (χ1v) is 12.4. The van der Waals surface area contributed by atoms with Crippen molar-refractivity contribution in [2.24, 2.45) is 4.99 Å². The molecule has 0 spiro atoms. The number of ether oxygens (including phenoxy) is 2. The first-order valence-electron chi connectivity index (χ1n) is 12.4. The van der Waals surface area contributed by atoms with Crippen LogP contribution in [-0.2, 0) is 0 Å². The van der Waals surface area contributed by atoms with Crippen LogP contribution in [0.2, 0.25) is 0 Å². The molecule has 0 atom stereocenters. The minimum absolute atomic E-state index is 0.379. The molecule has 3 aromatic rings. The molecule has 0 aliphatic carbocycles. The molecule has 0 unspecified atom stereocenters. The Morgan fingerprint density at radius 1 is 0.800 bits per heavy atom. The number of hydrogen-bond acceptors (Lipinski definition) is 5. The summed E-state index contributed by atoms with van der Waals surface area (Å²) in [5, 5.41) is 0. The van der Waals surface area contributed by atoms with E-state index in [4.69, 9.17) is 9.47 Å². The van der Waals surface area contributed by atoms with Crippen molar-refractivity contribution in [3.05, 3.63) is 83.9 Å². The van der Waals surface area contributed by atoms with E-state index in [9.17, 15) is 4.79 Å². The SMILES string of the molecule is CCCCCCCCOc1ccc(N=Cc2ccc(OC(=O)c3ccc(N(C)C)cc3)cc2)cc1. The van der Waals surface area contributed by atoms with Gasteiger partial charge in [0, 0.05) is 26.0 Å². The van der Waals surface area contributed by atoms with Gasteiger partial charge >= 0.3 is 5.97 Å². The Morgan fingerprint density at radius 3 is 2.09 bits per heavy atom. The van der Waals surface area contributed by atoms with Gasteiger partial charge in [0.05, 0.1) is 17.9 Å². The largest absolute Gasteiger partial charge is 0.494 e. The summed E-state index contributed by atoms with van der Waals surface area (Å²) in [5.41, 5.74) is 3.32. The molecule has 35 heavy (non-hydrogen) atoms. The Morgan fingerprint density at radius 2 is 1.43 bits per heavy atom. The average Bonchev–Trinajstić information content (AvgIpc) is 2.88. The lowest BCUT2D eigenvalue weighted by molar-refractivity contribution is 0.0735. The third-order valence-corrected chi connectivity index (χ3v) is 5.68. The van der Waals surface area contributed by atoms with Crippen LogP contribution in [0.1, 0.15) is 61.4 Å². The fourth-order valence-corrected chi connectivity index (χ4v) is 3.53. The van der Waals surface area contributed by atoms with Gasteiger partial charge in [-0.2, -0.15) is 0 Å². The van der Waals surface area contributed by atoms with Crippen LogP contribution in [0.5, 0.6) is 11.5 Å². The van der Waals surface area contributed by atoms with Crippen LogP contribution in [0.15, 0.2) is 77.8 Å². The van der Waals surface area contributed by atoms with Crippen LogP contribution in [0.4, 0.5) is 11.4 Å². The lowest BCUT2D eigenvalue weighted by Crippen LogP contribution is -2.11. The number of rotatable bonds is 13. The van der Waals surface area contributed by atoms with Gasteiger partial charge < -0.3 is 14.4 Å². The standard InChI is InChI=1S/C30H36N2O3/c1-4-5-6-7-8-9-22-34-28-20-14-26(15-21-28)31-23-24-10-18-29(19-11-24)35-30(33)25-12-16-27(17-13-25)32(2)3/h10-21,23H,4-9,22H2,1-3H3. The zero-order valence-corrected chi connectivity index (χ0v) is 21.1. The number of benzene rings is 3. The summed E-state index contributed by atoms with van der Waals surface area (Å²) in [7, 11) is 3.92. The molecule has 0 fully saturated rings. The van der Waals surface area contributed by atoms with Gasteiger partial charge in [-0.1, -0.05) is 39.0 Å². The van der Waals surface area contributed by atoms with E-state index < -0.39 is 0 Å². The molecule has 0 aromatic heterocycles. The summed E-state index contributed by atoms with van der Waals surface area (Å²) in [5.74, 6) is 0.992. The number of aliphatic imine (C=N–C) groups is 1. The second-order valence-corrected chi connectivity index (χ2v) is 8.77. The van der Waals surface area contributed by atoms with Crippen molar-refractivity contribution < 1.29 is 14.3 Å². The summed E-state index contributed by atoms with van der Waals surface area (Å²) in [6.07, 6.45) is 9.33. The molecule has 3 aromatic carbocycles. The third-order valence-electron chi connectivity index (χ3n) is 5.68. The van der Waals surface area contributed by atoms with Gasteiger partial charge in [0.15, 0.2) is 0 Å². The van der Waals surface area contributed by atoms with E-state index in [1.165, 1.54) is 32.1 Å². The Hall–Kier alpha value is -3.60. The number of carbonyl (C=O) groups excluding carboxylic acids is 1. The van der Waals surface area contributed by atoms with Gasteiger partial charge in [0.2, 0.25) is 0 Å². The molecule has 0 amide bonds. The second kappa shape index (κ2) is 14.0. The van der Waals surface area contributed by atoms with Crippen LogP contribution >= 0.6 is 0 Å². The average molecular weight is 473 g/mol. The van der Waals surface area contributed by atoms with E-state index in [1.54, 1.807) is 30.5 Å². The van der Waals surface area contributed by atoms with Crippen molar-refractivity contribution in [1.82, 2.24) is 0 Å². The predicted octanol–water partition coefficient (Wildman–Crippen LogP) is 7.46. The van der Waals surface area contributed by atoms with E-state index in [0.29, 0.717) is 11.3 Å². The number of esters is 1. The van der Waals surface area contributed by atoms with Crippen molar-refractivity contribution in [2.45, 2.75) is 45.4 Å². The maximum atomic E-state index is 12.4. The van der Waals surface area contributed by atoms with E-state index in [1.807, 2.05) is 67.5 Å². The van der Waals surface area contributed by atoms with Crippen LogP contribution in [0.25, 0.3) is 0 Å². The van der Waals surface area contributed by atoms with E-state index in [2.05, 4.69) is 11.9 Å². The molecule has 0 bridgehead atoms. The lowest BCUT2D eigenvalue weighted by atomic mass is 10.1. The first kappa shape index (κ1) is 26.0. The van der Waals surface area contributed by atoms with Gasteiger partial charge in [0.25, 0.3) is 0 Å². The Kier molecular flexibility index (Phi) is 10.4. The normalized spacial score (nSPS) is 10.9. The van der Waals surface area contributed by atoms with E-state index in [-0.39, 0.29) is 5.97 Å². The van der Waals surface area contributed by atoms with Crippen molar-refractivity contribution >= 4 is 23.6 Å². The summed E-state index contributed by atoms with van der Waals surface area (Å²) in [4.78, 5) is 18.9. The fourth-order valence-electron chi connectivity index (χ4n) is 3.53. The number of anilines is 1. The molecule has 0 aliphatic rings. The Labute approximate surface area is 209 Å². The maximum absolute atomic E-state index is 12.4.